The molecule has 0 aromatic carbocycles. The SMILES string of the molecule is CCCNC(=O)C(C)NC(=O)c1cccc(Br)n1. The van der Waals surface area contributed by atoms with Gasteiger partial charge in [0.05, 0.1) is 0 Å². The highest BCUT2D eigenvalue weighted by atomic mass is 79.9. The minimum Gasteiger partial charge on any atom is -0.354 e. The lowest BCUT2D eigenvalue weighted by Crippen LogP contribution is -2.45. The lowest BCUT2D eigenvalue weighted by atomic mass is 10.2. The van der Waals surface area contributed by atoms with Crippen molar-refractivity contribution in [1.82, 2.24) is 15.6 Å². The Labute approximate surface area is 114 Å². The predicted molar refractivity (Wildman–Crippen MR) is 72.2 cm³/mol. The Hall–Kier alpha value is -1.43. The van der Waals surface area contributed by atoms with E-state index in [1.54, 1.807) is 25.1 Å². The van der Waals surface area contributed by atoms with E-state index in [1.165, 1.54) is 0 Å². The number of amides is 2. The minimum absolute atomic E-state index is 0.194. The van der Waals surface area contributed by atoms with E-state index in [2.05, 4.69) is 31.5 Å². The summed E-state index contributed by atoms with van der Waals surface area (Å²) < 4.78 is 0.582. The van der Waals surface area contributed by atoms with Crippen LogP contribution in [0.2, 0.25) is 0 Å². The van der Waals surface area contributed by atoms with Crippen molar-refractivity contribution in [3.8, 4) is 0 Å². The third kappa shape index (κ3) is 4.44. The number of hydrogen-bond donors (Lipinski definition) is 2. The average Bonchev–Trinajstić information content (AvgIpc) is 2.35. The van der Waals surface area contributed by atoms with E-state index in [0.29, 0.717) is 11.1 Å². The van der Waals surface area contributed by atoms with Gasteiger partial charge in [-0.25, -0.2) is 4.98 Å². The van der Waals surface area contributed by atoms with Crippen LogP contribution >= 0.6 is 15.9 Å². The molecular weight excluding hydrogens is 298 g/mol. The standard InChI is InChI=1S/C12H16BrN3O2/c1-3-7-14-11(17)8(2)15-12(18)9-5-4-6-10(13)16-9/h4-6,8H,3,7H2,1-2H3,(H,14,17)(H,15,18). The van der Waals surface area contributed by atoms with Crippen LogP contribution in [0.15, 0.2) is 22.8 Å². The highest BCUT2D eigenvalue weighted by Gasteiger charge is 2.16. The maximum absolute atomic E-state index is 11.8. The molecule has 0 spiro atoms. The lowest BCUT2D eigenvalue weighted by Gasteiger charge is -2.13. The van der Waals surface area contributed by atoms with Crippen LogP contribution in [-0.4, -0.2) is 29.4 Å². The van der Waals surface area contributed by atoms with Gasteiger partial charge in [-0.1, -0.05) is 13.0 Å². The molecule has 6 heteroatoms. The summed E-state index contributed by atoms with van der Waals surface area (Å²) in [6.45, 7) is 4.21. The van der Waals surface area contributed by atoms with Crippen molar-refractivity contribution in [2.75, 3.05) is 6.54 Å². The Balaban J connectivity index is 2.56. The van der Waals surface area contributed by atoms with E-state index in [1.807, 2.05) is 6.92 Å². The second-order valence-corrected chi connectivity index (χ2v) is 4.64. The molecule has 18 heavy (non-hydrogen) atoms. The van der Waals surface area contributed by atoms with Crippen LogP contribution < -0.4 is 10.6 Å². The molecule has 1 unspecified atom stereocenters. The first kappa shape index (κ1) is 14.6. The van der Waals surface area contributed by atoms with Gasteiger partial charge in [-0.2, -0.15) is 0 Å². The fraction of sp³-hybridized carbons (Fsp3) is 0.417. The van der Waals surface area contributed by atoms with Crippen molar-refractivity contribution in [3.63, 3.8) is 0 Å². The first-order valence-electron chi connectivity index (χ1n) is 5.75. The number of aromatic nitrogens is 1. The Kier molecular flexibility index (Phi) is 5.77. The van der Waals surface area contributed by atoms with E-state index in [-0.39, 0.29) is 17.5 Å². The van der Waals surface area contributed by atoms with E-state index in [9.17, 15) is 9.59 Å². The van der Waals surface area contributed by atoms with Crippen LogP contribution in [0.4, 0.5) is 0 Å². The largest absolute Gasteiger partial charge is 0.354 e. The van der Waals surface area contributed by atoms with Crippen molar-refractivity contribution in [1.29, 1.82) is 0 Å². The summed E-state index contributed by atoms with van der Waals surface area (Å²) in [6, 6.07) is 4.46. The third-order valence-electron chi connectivity index (χ3n) is 2.24. The molecule has 0 saturated heterocycles. The van der Waals surface area contributed by atoms with Crippen molar-refractivity contribution >= 4 is 27.7 Å². The van der Waals surface area contributed by atoms with Crippen molar-refractivity contribution in [2.24, 2.45) is 0 Å². The molecule has 98 valence electrons. The molecule has 5 nitrogen and oxygen atoms in total. The van der Waals surface area contributed by atoms with Crippen LogP contribution in [0.1, 0.15) is 30.8 Å². The van der Waals surface area contributed by atoms with Gasteiger partial charge in [0.1, 0.15) is 16.3 Å². The predicted octanol–water partition coefficient (Wildman–Crippen LogP) is 1.49. The second-order valence-electron chi connectivity index (χ2n) is 3.83. The molecule has 1 atom stereocenters. The van der Waals surface area contributed by atoms with Gasteiger partial charge in [0.15, 0.2) is 0 Å². The average molecular weight is 314 g/mol. The quantitative estimate of drug-likeness (QED) is 0.809. The fourth-order valence-electron chi connectivity index (χ4n) is 1.27. The van der Waals surface area contributed by atoms with Gasteiger partial charge >= 0.3 is 0 Å². The van der Waals surface area contributed by atoms with Gasteiger partial charge in [-0.05, 0) is 41.4 Å². The van der Waals surface area contributed by atoms with E-state index >= 15 is 0 Å². The second kappa shape index (κ2) is 7.10. The summed E-state index contributed by atoms with van der Waals surface area (Å²) in [5.74, 6) is -0.560. The zero-order valence-corrected chi connectivity index (χ0v) is 12.0. The van der Waals surface area contributed by atoms with Crippen LogP contribution in [0.5, 0.6) is 0 Å². The minimum atomic E-state index is -0.579. The highest BCUT2D eigenvalue weighted by molar-refractivity contribution is 9.10. The van der Waals surface area contributed by atoms with Gasteiger partial charge in [0.2, 0.25) is 5.91 Å². The fourth-order valence-corrected chi connectivity index (χ4v) is 1.62. The normalized spacial score (nSPS) is 11.7. The first-order chi connectivity index (χ1) is 8.54. The number of carbonyl (C=O) groups excluding carboxylic acids is 2. The van der Waals surface area contributed by atoms with E-state index < -0.39 is 6.04 Å². The molecular formula is C12H16BrN3O2. The van der Waals surface area contributed by atoms with Crippen molar-refractivity contribution in [2.45, 2.75) is 26.3 Å². The van der Waals surface area contributed by atoms with Gasteiger partial charge in [-0.3, -0.25) is 9.59 Å². The summed E-state index contributed by atoms with van der Waals surface area (Å²) in [4.78, 5) is 27.4. The molecule has 0 saturated carbocycles. The number of hydrogen-bond acceptors (Lipinski definition) is 3. The van der Waals surface area contributed by atoms with Gasteiger partial charge in [-0.15, -0.1) is 0 Å². The van der Waals surface area contributed by atoms with Crippen molar-refractivity contribution in [3.05, 3.63) is 28.5 Å². The molecule has 0 aliphatic heterocycles. The Morgan fingerprint density at radius 3 is 2.78 bits per heavy atom. The van der Waals surface area contributed by atoms with E-state index in [4.69, 9.17) is 0 Å². The van der Waals surface area contributed by atoms with Crippen LogP contribution in [-0.2, 0) is 4.79 Å². The molecule has 1 aromatic rings. The molecule has 1 aromatic heterocycles. The smallest absolute Gasteiger partial charge is 0.270 e. The number of nitrogens with one attached hydrogen (secondary N) is 2. The summed E-state index contributed by atoms with van der Waals surface area (Å²) in [5.41, 5.74) is 0.277. The zero-order chi connectivity index (χ0) is 13.5. The summed E-state index contributed by atoms with van der Waals surface area (Å²) >= 11 is 3.19. The molecule has 1 rings (SSSR count). The lowest BCUT2D eigenvalue weighted by molar-refractivity contribution is -0.122. The number of nitrogens with zero attached hydrogens (tertiary/aromatic N) is 1. The molecule has 0 aliphatic carbocycles. The molecule has 0 fully saturated rings. The molecule has 0 bridgehead atoms. The maximum atomic E-state index is 11.8. The third-order valence-corrected chi connectivity index (χ3v) is 2.68. The highest BCUT2D eigenvalue weighted by Crippen LogP contribution is 2.06. The number of pyridine rings is 1. The first-order valence-corrected chi connectivity index (χ1v) is 6.55. The molecule has 0 aliphatic rings. The Bertz CT molecular complexity index is 437. The Morgan fingerprint density at radius 2 is 2.17 bits per heavy atom. The molecule has 1 heterocycles. The molecule has 2 amide bonds. The van der Waals surface area contributed by atoms with Crippen molar-refractivity contribution < 1.29 is 9.59 Å². The number of carbonyl (C=O) groups is 2. The zero-order valence-electron chi connectivity index (χ0n) is 10.4. The summed E-state index contributed by atoms with van der Waals surface area (Å²) in [7, 11) is 0. The maximum Gasteiger partial charge on any atom is 0.270 e. The molecule has 0 radical (unpaired) electrons. The van der Waals surface area contributed by atoms with Gasteiger partial charge < -0.3 is 10.6 Å². The topological polar surface area (TPSA) is 71.1 Å². The summed E-state index contributed by atoms with van der Waals surface area (Å²) in [6.07, 6.45) is 0.861. The molecule has 2 N–H and O–H groups in total. The Morgan fingerprint density at radius 1 is 1.44 bits per heavy atom. The van der Waals surface area contributed by atoms with Gasteiger partial charge in [0.25, 0.3) is 5.91 Å². The number of rotatable bonds is 5. The monoisotopic (exact) mass is 313 g/mol. The van der Waals surface area contributed by atoms with E-state index in [0.717, 1.165) is 6.42 Å². The van der Waals surface area contributed by atoms with Crippen LogP contribution in [0, 0.1) is 0 Å². The number of halogens is 1. The van der Waals surface area contributed by atoms with Crippen LogP contribution in [0.3, 0.4) is 0 Å². The summed E-state index contributed by atoms with van der Waals surface area (Å²) in [5, 5.41) is 5.31. The van der Waals surface area contributed by atoms with Crippen LogP contribution in [0.25, 0.3) is 0 Å². The van der Waals surface area contributed by atoms with Gasteiger partial charge in [0, 0.05) is 6.54 Å².